The number of aryl methyl sites for hydroxylation is 2. The van der Waals surface area contributed by atoms with Crippen LogP contribution in [0.15, 0.2) is 53.7 Å². The Morgan fingerprint density at radius 1 is 1.21 bits per heavy atom. The Morgan fingerprint density at radius 2 is 2.00 bits per heavy atom. The molecule has 0 bridgehead atoms. The maximum Gasteiger partial charge on any atom is 0.353 e. The number of fused-ring (bicyclic) bond motifs is 1. The summed E-state index contributed by atoms with van der Waals surface area (Å²) < 4.78 is 24.8. The van der Waals surface area contributed by atoms with Crippen LogP contribution in [-0.4, -0.2) is 35.1 Å². The minimum Gasteiger partial charge on any atom is -0.477 e. The summed E-state index contributed by atoms with van der Waals surface area (Å²) in [5.74, 6) is -1.02. The first kappa shape index (κ1) is 16.2. The van der Waals surface area contributed by atoms with E-state index in [0.29, 0.717) is 24.1 Å². The zero-order valence-corrected chi connectivity index (χ0v) is 13.8. The fourth-order valence-electron chi connectivity index (χ4n) is 2.69. The maximum atomic E-state index is 11.6. The van der Waals surface area contributed by atoms with Gasteiger partial charge in [0, 0.05) is 18.6 Å². The molecule has 1 N–H and O–H groups in total. The second-order valence-corrected chi connectivity index (χ2v) is 7.60. The minimum absolute atomic E-state index is 0.185. The smallest absolute Gasteiger partial charge is 0.353 e. The van der Waals surface area contributed by atoms with Gasteiger partial charge in [-0.3, -0.25) is 4.40 Å². The number of carbonyl (C=O) groups is 1. The van der Waals surface area contributed by atoms with Crippen LogP contribution in [0, 0.1) is 0 Å². The van der Waals surface area contributed by atoms with Gasteiger partial charge in [-0.05, 0) is 42.2 Å². The molecule has 0 aliphatic carbocycles. The number of imidazole rings is 1. The number of aromatic nitrogens is 2. The van der Waals surface area contributed by atoms with Crippen molar-refractivity contribution in [2.24, 2.45) is 0 Å². The number of carboxylic acids is 1. The van der Waals surface area contributed by atoms with Crippen LogP contribution >= 0.6 is 0 Å². The highest BCUT2D eigenvalue weighted by Crippen LogP contribution is 2.17. The van der Waals surface area contributed by atoms with Crippen LogP contribution in [0.25, 0.3) is 5.65 Å². The summed E-state index contributed by atoms with van der Waals surface area (Å²) in [5.41, 5.74) is 2.29. The third kappa shape index (κ3) is 3.16. The van der Waals surface area contributed by atoms with Gasteiger partial charge in [-0.15, -0.1) is 0 Å². The van der Waals surface area contributed by atoms with E-state index in [4.69, 9.17) is 0 Å². The molecule has 0 aliphatic rings. The van der Waals surface area contributed by atoms with E-state index in [9.17, 15) is 18.3 Å². The van der Waals surface area contributed by atoms with Crippen LogP contribution in [0.5, 0.6) is 0 Å². The van der Waals surface area contributed by atoms with E-state index >= 15 is 0 Å². The van der Waals surface area contributed by atoms with Gasteiger partial charge >= 0.3 is 5.97 Å². The Labute approximate surface area is 139 Å². The van der Waals surface area contributed by atoms with Crippen molar-refractivity contribution in [3.63, 3.8) is 0 Å². The summed E-state index contributed by atoms with van der Waals surface area (Å²) in [4.78, 5) is 16.0. The summed E-state index contributed by atoms with van der Waals surface area (Å²) in [5, 5.41) is 9.50. The fourth-order valence-corrected chi connectivity index (χ4v) is 3.38. The average molecular weight is 344 g/mol. The normalized spacial score (nSPS) is 11.7. The number of hydrogen-bond acceptors (Lipinski definition) is 4. The summed E-state index contributed by atoms with van der Waals surface area (Å²) in [6.07, 6.45) is 5.38. The topological polar surface area (TPSA) is 88.7 Å². The molecule has 0 saturated carbocycles. The molecule has 6 nitrogen and oxygen atoms in total. The summed E-state index contributed by atoms with van der Waals surface area (Å²) in [6, 6.07) is 10.2. The molecule has 1 aromatic carbocycles. The number of pyridine rings is 1. The quantitative estimate of drug-likeness (QED) is 0.767. The number of benzene rings is 1. The predicted octanol–water partition coefficient (Wildman–Crippen LogP) is 2.22. The average Bonchev–Trinajstić information content (AvgIpc) is 3.00. The summed E-state index contributed by atoms with van der Waals surface area (Å²) in [7, 11) is -3.26. The van der Waals surface area contributed by atoms with Gasteiger partial charge in [0.25, 0.3) is 0 Å². The van der Waals surface area contributed by atoms with Crippen molar-refractivity contribution in [2.45, 2.75) is 17.7 Å². The van der Waals surface area contributed by atoms with E-state index in [0.717, 1.165) is 5.56 Å². The van der Waals surface area contributed by atoms with Crippen LogP contribution in [0.3, 0.4) is 0 Å². The second kappa shape index (κ2) is 6.09. The van der Waals surface area contributed by atoms with Gasteiger partial charge in [0.1, 0.15) is 11.3 Å². The number of rotatable bonds is 5. The summed E-state index contributed by atoms with van der Waals surface area (Å²) in [6.45, 7) is 0. The Bertz CT molecular complexity index is 1020. The highest BCUT2D eigenvalue weighted by atomic mass is 32.2. The molecule has 7 heteroatoms. The molecule has 24 heavy (non-hydrogen) atoms. The van der Waals surface area contributed by atoms with Crippen molar-refractivity contribution in [1.82, 2.24) is 9.38 Å². The van der Waals surface area contributed by atoms with Gasteiger partial charge in [0.2, 0.25) is 0 Å². The molecular formula is C17H16N2O4S. The first-order valence-electron chi connectivity index (χ1n) is 7.33. The molecule has 0 saturated heterocycles. The first-order chi connectivity index (χ1) is 11.4. The number of carboxylic acid groups (broad SMARTS) is 1. The van der Waals surface area contributed by atoms with Crippen LogP contribution in [-0.2, 0) is 22.7 Å². The van der Waals surface area contributed by atoms with E-state index in [1.165, 1.54) is 6.26 Å². The molecule has 124 valence electrons. The van der Waals surface area contributed by atoms with Crippen LogP contribution in [0.1, 0.15) is 21.6 Å². The van der Waals surface area contributed by atoms with Gasteiger partial charge in [-0.25, -0.2) is 18.2 Å². The Hall–Kier alpha value is -2.67. The molecule has 2 aromatic heterocycles. The number of aromatic carboxylic acids is 1. The first-order valence-corrected chi connectivity index (χ1v) is 9.22. The molecule has 3 aromatic rings. The number of sulfone groups is 1. The predicted molar refractivity (Wildman–Crippen MR) is 89.1 cm³/mol. The molecule has 0 aliphatic heterocycles. The highest BCUT2D eigenvalue weighted by Gasteiger charge is 2.15. The van der Waals surface area contributed by atoms with Gasteiger partial charge < -0.3 is 5.11 Å². The van der Waals surface area contributed by atoms with E-state index in [1.807, 2.05) is 6.07 Å². The lowest BCUT2D eigenvalue weighted by Gasteiger charge is -2.09. The van der Waals surface area contributed by atoms with Gasteiger partial charge in [-0.2, -0.15) is 0 Å². The largest absolute Gasteiger partial charge is 0.477 e. The zero-order valence-electron chi connectivity index (χ0n) is 13.0. The lowest BCUT2D eigenvalue weighted by atomic mass is 10.0. The monoisotopic (exact) mass is 344 g/mol. The van der Waals surface area contributed by atoms with E-state index in [-0.39, 0.29) is 10.6 Å². The van der Waals surface area contributed by atoms with Crippen molar-refractivity contribution in [1.29, 1.82) is 0 Å². The van der Waals surface area contributed by atoms with E-state index in [1.54, 1.807) is 47.1 Å². The van der Waals surface area contributed by atoms with Gasteiger partial charge in [0.05, 0.1) is 4.90 Å². The fraction of sp³-hybridized carbons (Fsp3) is 0.176. The van der Waals surface area contributed by atoms with Crippen LogP contribution in [0.4, 0.5) is 0 Å². The standard InChI is InChI=1S/C17H16N2O4S/c1-24(22,23)14-4-2-3-12(11-14)5-6-13-7-8-15-18-9-10-19(15)16(13)17(20)21/h2-4,7-11H,5-6H2,1H3,(H,20,21). The van der Waals surface area contributed by atoms with Crippen molar-refractivity contribution < 1.29 is 18.3 Å². The molecule has 0 fully saturated rings. The minimum atomic E-state index is -3.26. The zero-order chi connectivity index (χ0) is 17.3. The second-order valence-electron chi connectivity index (χ2n) is 5.59. The molecule has 0 unspecified atom stereocenters. The Balaban J connectivity index is 1.91. The third-order valence-corrected chi connectivity index (χ3v) is 4.97. The number of hydrogen-bond donors (Lipinski definition) is 1. The molecule has 0 radical (unpaired) electrons. The highest BCUT2D eigenvalue weighted by molar-refractivity contribution is 7.90. The van der Waals surface area contributed by atoms with Crippen LogP contribution in [0.2, 0.25) is 0 Å². The van der Waals surface area contributed by atoms with Gasteiger partial charge in [-0.1, -0.05) is 18.2 Å². The molecule has 0 amide bonds. The molecular weight excluding hydrogens is 328 g/mol. The van der Waals surface area contributed by atoms with Gasteiger partial charge in [0.15, 0.2) is 9.84 Å². The lowest BCUT2D eigenvalue weighted by molar-refractivity contribution is 0.0687. The van der Waals surface area contributed by atoms with Crippen molar-refractivity contribution in [3.05, 3.63) is 65.6 Å². The molecule has 0 spiro atoms. The SMILES string of the molecule is CS(=O)(=O)c1cccc(CCc2ccc3nccn3c2C(=O)O)c1. The van der Waals surface area contributed by atoms with Crippen molar-refractivity contribution in [2.75, 3.05) is 6.26 Å². The lowest BCUT2D eigenvalue weighted by Crippen LogP contribution is -2.10. The van der Waals surface area contributed by atoms with E-state index in [2.05, 4.69) is 4.98 Å². The van der Waals surface area contributed by atoms with Crippen molar-refractivity contribution >= 4 is 21.5 Å². The maximum absolute atomic E-state index is 11.6. The molecule has 0 atom stereocenters. The summed E-state index contributed by atoms with van der Waals surface area (Å²) >= 11 is 0. The van der Waals surface area contributed by atoms with E-state index < -0.39 is 15.8 Å². The molecule has 2 heterocycles. The Kier molecular flexibility index (Phi) is 4.11. The third-order valence-electron chi connectivity index (χ3n) is 3.86. The number of nitrogens with zero attached hydrogens (tertiary/aromatic N) is 2. The van der Waals surface area contributed by atoms with Crippen molar-refractivity contribution in [3.8, 4) is 0 Å². The Morgan fingerprint density at radius 3 is 2.71 bits per heavy atom. The molecule has 3 rings (SSSR count). The van der Waals surface area contributed by atoms with Crippen LogP contribution < -0.4 is 0 Å².